The maximum Gasteiger partial charge on any atom is 0.216 e. The average Bonchev–Trinajstić information content (AvgIpc) is 3.53. The molecule has 0 bridgehead atoms. The third-order valence-electron chi connectivity index (χ3n) is 6.42. The second kappa shape index (κ2) is 10.1. The first-order valence-corrected chi connectivity index (χ1v) is 15.6. The van der Waals surface area contributed by atoms with Crippen LogP contribution in [0.15, 0.2) is 66.9 Å². The van der Waals surface area contributed by atoms with Crippen LogP contribution in [-0.4, -0.2) is 35.3 Å². The molecule has 2 aromatic carbocycles. The maximum atomic E-state index is 13.3. The van der Waals surface area contributed by atoms with Gasteiger partial charge in [-0.05, 0) is 66.8 Å². The Bertz CT molecular complexity index is 1510. The molecule has 1 aliphatic rings. The lowest BCUT2D eigenvalue weighted by Crippen LogP contribution is -2.37. The number of thiophene rings is 1. The second-order valence-electron chi connectivity index (χ2n) is 9.46. The number of aliphatic hydroxyl groups is 1. The first kappa shape index (κ1) is 25.7. The summed E-state index contributed by atoms with van der Waals surface area (Å²) in [6.45, 7) is 3.50. The maximum absolute atomic E-state index is 13.3. The lowest BCUT2D eigenvalue weighted by molar-refractivity contribution is 0.0785. The largest absolute Gasteiger partial charge is 0.386 e. The molecule has 0 spiro atoms. The summed E-state index contributed by atoms with van der Waals surface area (Å²) in [5, 5.41) is 11.6. The number of rotatable bonds is 7. The lowest BCUT2D eigenvalue weighted by atomic mass is 9.97. The second-order valence-corrected chi connectivity index (χ2v) is 14.1. The molecule has 3 heterocycles. The van der Waals surface area contributed by atoms with Crippen molar-refractivity contribution in [1.82, 2.24) is 9.71 Å². The monoisotopic (exact) mass is 558 g/mol. The van der Waals surface area contributed by atoms with E-state index in [1.807, 2.05) is 54.6 Å². The number of aromatic nitrogens is 1. The molecule has 0 amide bonds. The van der Waals surface area contributed by atoms with Gasteiger partial charge in [0.2, 0.25) is 10.0 Å². The zero-order valence-corrected chi connectivity index (χ0v) is 23.1. The first-order valence-electron chi connectivity index (χ1n) is 11.7. The number of halogens is 1. The van der Waals surface area contributed by atoms with Gasteiger partial charge in [0.1, 0.15) is 0 Å². The highest BCUT2D eigenvalue weighted by Crippen LogP contribution is 2.41. The molecule has 2 N–H and O–H groups in total. The van der Waals surface area contributed by atoms with Crippen LogP contribution in [0.25, 0.3) is 21.3 Å². The molecule has 2 unspecified atom stereocenters. The molecule has 5 nitrogen and oxygen atoms in total. The molecule has 4 aromatic rings. The number of hydrogen-bond donors (Lipinski definition) is 2. The Morgan fingerprint density at radius 3 is 2.67 bits per heavy atom. The topological polar surface area (TPSA) is 79.3 Å². The summed E-state index contributed by atoms with van der Waals surface area (Å²) in [7, 11) is -3.56. The number of hydrogen-bond acceptors (Lipinski definition) is 6. The van der Waals surface area contributed by atoms with Crippen LogP contribution < -0.4 is 4.72 Å². The number of fused-ring (bicyclic) bond motifs is 1. The van der Waals surface area contributed by atoms with Crippen molar-refractivity contribution < 1.29 is 13.5 Å². The number of sulfonamides is 1. The number of benzene rings is 2. The van der Waals surface area contributed by atoms with Crippen LogP contribution >= 0.6 is 34.7 Å². The minimum absolute atomic E-state index is 0.411. The highest BCUT2D eigenvalue weighted by Gasteiger charge is 2.33. The quantitative estimate of drug-likeness (QED) is 0.276. The third kappa shape index (κ3) is 5.21. The van der Waals surface area contributed by atoms with Crippen molar-refractivity contribution >= 4 is 54.8 Å². The van der Waals surface area contributed by atoms with E-state index in [1.54, 1.807) is 37.9 Å². The molecule has 1 fully saturated rings. The Morgan fingerprint density at radius 1 is 1.14 bits per heavy atom. The van der Waals surface area contributed by atoms with Gasteiger partial charge in [-0.1, -0.05) is 48.0 Å². The van der Waals surface area contributed by atoms with Crippen LogP contribution in [0.1, 0.15) is 42.3 Å². The Kier molecular flexibility index (Phi) is 7.20. The molecule has 0 saturated carbocycles. The number of nitrogens with one attached hydrogen (secondary N) is 1. The third-order valence-corrected chi connectivity index (χ3v) is 11.2. The summed E-state index contributed by atoms with van der Waals surface area (Å²) < 4.78 is 30.7. The van der Waals surface area contributed by atoms with E-state index in [9.17, 15) is 13.5 Å². The molecule has 5 rings (SSSR count). The van der Waals surface area contributed by atoms with Crippen molar-refractivity contribution in [2.24, 2.45) is 0 Å². The van der Waals surface area contributed by atoms with E-state index in [-0.39, 0.29) is 0 Å². The molecule has 1 saturated heterocycles. The van der Waals surface area contributed by atoms with E-state index in [2.05, 4.69) is 9.71 Å². The molecule has 36 heavy (non-hydrogen) atoms. The number of pyridine rings is 1. The minimum Gasteiger partial charge on any atom is -0.386 e. The SMILES string of the molecule is CC(C)(O)c1ccnc(-c2cccc3cc(C(NS(=O)(=O)C4CCSC4)c4ccccc4Cl)sc23)c1. The van der Waals surface area contributed by atoms with E-state index in [4.69, 9.17) is 11.6 Å². The van der Waals surface area contributed by atoms with E-state index >= 15 is 0 Å². The van der Waals surface area contributed by atoms with Crippen LogP contribution in [-0.2, 0) is 15.6 Å². The predicted octanol–water partition coefficient (Wildman–Crippen LogP) is 6.36. The lowest BCUT2D eigenvalue weighted by Gasteiger charge is -2.21. The van der Waals surface area contributed by atoms with Crippen molar-refractivity contribution in [3.05, 3.63) is 87.9 Å². The molecule has 188 valence electrons. The fraction of sp³-hybridized carbons (Fsp3) is 0.296. The van der Waals surface area contributed by atoms with Crippen molar-refractivity contribution in [3.63, 3.8) is 0 Å². The molecule has 2 aromatic heterocycles. The van der Waals surface area contributed by atoms with Crippen LogP contribution in [0, 0.1) is 0 Å². The number of thioether (sulfide) groups is 1. The molecule has 1 aliphatic heterocycles. The first-order chi connectivity index (χ1) is 17.1. The van der Waals surface area contributed by atoms with Crippen LogP contribution in [0.3, 0.4) is 0 Å². The van der Waals surface area contributed by atoms with E-state index in [1.165, 1.54) is 11.3 Å². The van der Waals surface area contributed by atoms with E-state index in [0.29, 0.717) is 17.2 Å². The van der Waals surface area contributed by atoms with Gasteiger partial charge in [-0.2, -0.15) is 11.8 Å². The van der Waals surface area contributed by atoms with Gasteiger partial charge in [-0.25, -0.2) is 13.1 Å². The van der Waals surface area contributed by atoms with Crippen LogP contribution in [0.5, 0.6) is 0 Å². The molecule has 0 radical (unpaired) electrons. The highest BCUT2D eigenvalue weighted by atomic mass is 35.5. The summed E-state index contributed by atoms with van der Waals surface area (Å²) in [4.78, 5) is 5.43. The van der Waals surface area contributed by atoms with Gasteiger partial charge in [0.15, 0.2) is 0 Å². The summed E-state index contributed by atoms with van der Waals surface area (Å²) in [6.07, 6.45) is 2.35. The predicted molar refractivity (Wildman–Crippen MR) is 151 cm³/mol. The Balaban J connectivity index is 1.62. The van der Waals surface area contributed by atoms with Gasteiger partial charge in [-0.3, -0.25) is 4.98 Å². The molecule has 9 heteroatoms. The summed E-state index contributed by atoms with van der Waals surface area (Å²) in [6, 6.07) is 18.5. The zero-order chi connectivity index (χ0) is 25.5. The Labute approximate surface area is 225 Å². The summed E-state index contributed by atoms with van der Waals surface area (Å²) >= 11 is 9.78. The molecule has 0 aliphatic carbocycles. The highest BCUT2D eigenvalue weighted by molar-refractivity contribution is 8.01. The zero-order valence-electron chi connectivity index (χ0n) is 19.9. The van der Waals surface area contributed by atoms with Gasteiger partial charge in [0, 0.05) is 32.1 Å². The molecular weight excluding hydrogens is 532 g/mol. The Morgan fingerprint density at radius 2 is 1.94 bits per heavy atom. The normalized spacial score (nSPS) is 17.5. The van der Waals surface area contributed by atoms with Crippen molar-refractivity contribution in [1.29, 1.82) is 0 Å². The van der Waals surface area contributed by atoms with Crippen LogP contribution in [0.4, 0.5) is 0 Å². The van der Waals surface area contributed by atoms with E-state index < -0.39 is 26.9 Å². The van der Waals surface area contributed by atoms with Crippen LogP contribution in [0.2, 0.25) is 5.02 Å². The standard InChI is InChI=1S/C27H27ClN2O3S3/c1-27(2,31)18-10-12-29-23(15-18)21-8-5-6-17-14-24(35-26(17)21)25(20-7-3-4-9-22(20)28)30-36(32,33)19-11-13-34-16-19/h3-10,12,14-15,19,25,30-31H,11,13,16H2,1-2H3. The average molecular weight is 559 g/mol. The van der Waals surface area contributed by atoms with Crippen molar-refractivity contribution in [2.75, 3.05) is 11.5 Å². The van der Waals surface area contributed by atoms with Gasteiger partial charge in [0.05, 0.1) is 22.6 Å². The fourth-order valence-corrected chi connectivity index (χ4v) is 9.36. The van der Waals surface area contributed by atoms with Gasteiger partial charge < -0.3 is 5.11 Å². The summed E-state index contributed by atoms with van der Waals surface area (Å²) in [5.74, 6) is 1.45. The molecule has 2 atom stereocenters. The fourth-order valence-electron chi connectivity index (χ4n) is 4.39. The van der Waals surface area contributed by atoms with Gasteiger partial charge in [-0.15, -0.1) is 11.3 Å². The Hall–Kier alpha value is -1.94. The van der Waals surface area contributed by atoms with Crippen molar-refractivity contribution in [2.45, 2.75) is 37.2 Å². The molecular formula is C27H27ClN2O3S3. The van der Waals surface area contributed by atoms with Crippen molar-refractivity contribution in [3.8, 4) is 11.3 Å². The smallest absolute Gasteiger partial charge is 0.216 e. The van der Waals surface area contributed by atoms with Gasteiger partial charge in [0.25, 0.3) is 0 Å². The minimum atomic E-state index is -3.56. The van der Waals surface area contributed by atoms with Gasteiger partial charge >= 0.3 is 0 Å². The number of nitrogens with zero attached hydrogens (tertiary/aromatic N) is 1. The summed E-state index contributed by atoms with van der Waals surface area (Å²) in [5.41, 5.74) is 2.20. The van der Waals surface area contributed by atoms with E-state index in [0.717, 1.165) is 43.1 Å².